The minimum atomic E-state index is -4.31. The number of thioether (sulfide) groups is 1. The molecule has 2 nitrogen and oxygen atoms in total. The number of allylic oxidation sites excluding steroid dienone is 2. The Morgan fingerprint density at radius 2 is 1.95 bits per heavy atom. The summed E-state index contributed by atoms with van der Waals surface area (Å²) in [6.07, 6.45) is 6.80. The van der Waals surface area contributed by atoms with Crippen LogP contribution in [0.25, 0.3) is 0 Å². The van der Waals surface area contributed by atoms with Crippen molar-refractivity contribution >= 4 is 17.7 Å². The molecular formula is C14H12F3NOS. The Balaban J connectivity index is 1.91. The molecule has 0 atom stereocenters. The molecule has 0 saturated heterocycles. The number of hydrogen-bond donors (Lipinski definition) is 1. The van der Waals surface area contributed by atoms with E-state index in [1.165, 1.54) is 24.3 Å². The van der Waals surface area contributed by atoms with Gasteiger partial charge in [-0.15, -0.1) is 0 Å². The van der Waals surface area contributed by atoms with E-state index in [1.807, 2.05) is 18.2 Å². The fourth-order valence-corrected chi connectivity index (χ4v) is 2.27. The molecule has 0 spiro atoms. The van der Waals surface area contributed by atoms with E-state index in [0.717, 1.165) is 12.0 Å². The molecule has 6 heteroatoms. The molecule has 2 rings (SSSR count). The third-order valence-electron chi connectivity index (χ3n) is 2.65. The van der Waals surface area contributed by atoms with Crippen molar-refractivity contribution in [3.63, 3.8) is 0 Å². The van der Waals surface area contributed by atoms with Gasteiger partial charge in [0, 0.05) is 17.0 Å². The highest BCUT2D eigenvalue weighted by atomic mass is 32.2. The second kappa shape index (κ2) is 6.17. The van der Waals surface area contributed by atoms with Crippen molar-refractivity contribution < 1.29 is 18.0 Å². The van der Waals surface area contributed by atoms with E-state index < -0.39 is 5.51 Å². The van der Waals surface area contributed by atoms with Crippen LogP contribution in [0.15, 0.2) is 53.0 Å². The maximum absolute atomic E-state index is 12.2. The summed E-state index contributed by atoms with van der Waals surface area (Å²) in [6, 6.07) is 5.37. The average Bonchev–Trinajstić information content (AvgIpc) is 2.88. The van der Waals surface area contributed by atoms with Crippen molar-refractivity contribution in [3.05, 3.63) is 53.6 Å². The molecule has 1 aromatic carbocycles. The Hall–Kier alpha value is -1.69. The van der Waals surface area contributed by atoms with Crippen LogP contribution in [0.3, 0.4) is 0 Å². The van der Waals surface area contributed by atoms with Crippen LogP contribution in [-0.2, 0) is 0 Å². The summed E-state index contributed by atoms with van der Waals surface area (Å²) in [5.41, 5.74) is -2.94. The first-order valence-corrected chi connectivity index (χ1v) is 6.75. The second-order valence-electron chi connectivity index (χ2n) is 4.17. The zero-order valence-electron chi connectivity index (χ0n) is 10.4. The van der Waals surface area contributed by atoms with Gasteiger partial charge in [0.1, 0.15) is 0 Å². The van der Waals surface area contributed by atoms with Crippen molar-refractivity contribution in [1.82, 2.24) is 5.32 Å². The monoisotopic (exact) mass is 299 g/mol. The number of hydrogen-bond acceptors (Lipinski definition) is 2. The van der Waals surface area contributed by atoms with Gasteiger partial charge in [-0.05, 0) is 48.0 Å². The fourth-order valence-electron chi connectivity index (χ4n) is 1.73. The third-order valence-corrected chi connectivity index (χ3v) is 3.39. The minimum Gasteiger partial charge on any atom is -0.348 e. The van der Waals surface area contributed by atoms with E-state index in [-0.39, 0.29) is 22.6 Å². The Morgan fingerprint density at radius 1 is 1.25 bits per heavy atom. The molecule has 1 aliphatic rings. The predicted octanol–water partition coefficient (Wildman–Crippen LogP) is 3.91. The molecule has 0 aliphatic heterocycles. The van der Waals surface area contributed by atoms with Crippen LogP contribution >= 0.6 is 11.8 Å². The average molecular weight is 299 g/mol. The van der Waals surface area contributed by atoms with E-state index >= 15 is 0 Å². The Labute approximate surface area is 118 Å². The van der Waals surface area contributed by atoms with Crippen molar-refractivity contribution in [1.29, 1.82) is 0 Å². The lowest BCUT2D eigenvalue weighted by Crippen LogP contribution is -2.24. The zero-order chi connectivity index (χ0) is 14.6. The Morgan fingerprint density at radius 3 is 2.50 bits per heavy atom. The molecule has 20 heavy (non-hydrogen) atoms. The molecule has 0 heterocycles. The first kappa shape index (κ1) is 14.7. The van der Waals surface area contributed by atoms with Gasteiger partial charge < -0.3 is 5.32 Å². The van der Waals surface area contributed by atoms with E-state index in [0.29, 0.717) is 12.1 Å². The van der Waals surface area contributed by atoms with Gasteiger partial charge in [0.15, 0.2) is 0 Å². The number of alkyl halides is 3. The topological polar surface area (TPSA) is 29.1 Å². The van der Waals surface area contributed by atoms with Gasteiger partial charge in [-0.2, -0.15) is 13.2 Å². The van der Waals surface area contributed by atoms with Gasteiger partial charge >= 0.3 is 5.51 Å². The standard InChI is InChI=1S/C14H12F3NOS/c15-14(16,17)20-12-7-5-11(6-8-12)13(19)18-9-10-3-1-2-4-10/h1,3-8H,2,9H2,(H,18,19). The SMILES string of the molecule is O=C(NCC1=CCC=C1)c1ccc(SC(F)(F)F)cc1. The van der Waals surface area contributed by atoms with Gasteiger partial charge in [0.2, 0.25) is 0 Å². The van der Waals surface area contributed by atoms with E-state index in [1.54, 1.807) is 0 Å². The van der Waals surface area contributed by atoms with Crippen LogP contribution in [0.2, 0.25) is 0 Å². The maximum Gasteiger partial charge on any atom is 0.446 e. The van der Waals surface area contributed by atoms with Gasteiger partial charge in [-0.25, -0.2) is 0 Å². The normalized spacial score (nSPS) is 14.2. The lowest BCUT2D eigenvalue weighted by Gasteiger charge is -2.07. The number of nitrogens with one attached hydrogen (secondary N) is 1. The van der Waals surface area contributed by atoms with Crippen LogP contribution in [0.1, 0.15) is 16.8 Å². The van der Waals surface area contributed by atoms with Crippen molar-refractivity contribution in [2.24, 2.45) is 0 Å². The molecule has 0 bridgehead atoms. The van der Waals surface area contributed by atoms with Crippen LogP contribution in [0.5, 0.6) is 0 Å². The van der Waals surface area contributed by atoms with Crippen molar-refractivity contribution in [3.8, 4) is 0 Å². The molecule has 1 N–H and O–H groups in total. The summed E-state index contributed by atoms with van der Waals surface area (Å²) < 4.78 is 36.5. The van der Waals surface area contributed by atoms with Crippen molar-refractivity contribution in [2.75, 3.05) is 6.54 Å². The summed E-state index contributed by atoms with van der Waals surface area (Å²) >= 11 is -0.195. The van der Waals surface area contributed by atoms with Crippen LogP contribution in [0.4, 0.5) is 13.2 Å². The number of carbonyl (C=O) groups is 1. The molecule has 1 aliphatic carbocycles. The highest BCUT2D eigenvalue weighted by Crippen LogP contribution is 2.36. The molecular weight excluding hydrogens is 287 g/mol. The molecule has 0 fully saturated rings. The first-order valence-electron chi connectivity index (χ1n) is 5.93. The third kappa shape index (κ3) is 4.45. The lowest BCUT2D eigenvalue weighted by molar-refractivity contribution is -0.0328. The number of halogens is 3. The molecule has 1 amide bonds. The Bertz CT molecular complexity index is 547. The fraction of sp³-hybridized carbons (Fsp3) is 0.214. The quantitative estimate of drug-likeness (QED) is 0.854. The lowest BCUT2D eigenvalue weighted by atomic mass is 10.2. The van der Waals surface area contributed by atoms with E-state index in [2.05, 4.69) is 5.32 Å². The van der Waals surface area contributed by atoms with Crippen LogP contribution in [0, 0.1) is 0 Å². The summed E-state index contributed by atoms with van der Waals surface area (Å²) in [7, 11) is 0. The van der Waals surface area contributed by atoms with Gasteiger partial charge in [0.05, 0.1) is 0 Å². The van der Waals surface area contributed by atoms with Crippen LogP contribution < -0.4 is 5.32 Å². The number of carbonyl (C=O) groups excluding carboxylic acids is 1. The number of amides is 1. The summed E-state index contributed by atoms with van der Waals surface area (Å²) in [5.74, 6) is -0.297. The smallest absolute Gasteiger partial charge is 0.348 e. The van der Waals surface area contributed by atoms with Crippen molar-refractivity contribution in [2.45, 2.75) is 16.8 Å². The molecule has 0 aromatic heterocycles. The molecule has 0 saturated carbocycles. The molecule has 0 unspecified atom stereocenters. The largest absolute Gasteiger partial charge is 0.446 e. The zero-order valence-corrected chi connectivity index (χ0v) is 11.2. The highest BCUT2D eigenvalue weighted by Gasteiger charge is 2.29. The molecule has 1 aromatic rings. The number of benzene rings is 1. The molecule has 106 valence electrons. The van der Waals surface area contributed by atoms with E-state index in [9.17, 15) is 18.0 Å². The van der Waals surface area contributed by atoms with Gasteiger partial charge in [-0.3, -0.25) is 4.79 Å². The highest BCUT2D eigenvalue weighted by molar-refractivity contribution is 8.00. The summed E-state index contributed by atoms with van der Waals surface area (Å²) in [6.45, 7) is 0.425. The summed E-state index contributed by atoms with van der Waals surface area (Å²) in [4.78, 5) is 11.9. The Kier molecular flexibility index (Phi) is 4.54. The molecule has 0 radical (unpaired) electrons. The number of rotatable bonds is 4. The second-order valence-corrected chi connectivity index (χ2v) is 5.31. The predicted molar refractivity (Wildman–Crippen MR) is 72.5 cm³/mol. The first-order chi connectivity index (χ1) is 9.44. The minimum absolute atomic E-state index is 0.0653. The van der Waals surface area contributed by atoms with Crippen LogP contribution in [-0.4, -0.2) is 18.0 Å². The van der Waals surface area contributed by atoms with Gasteiger partial charge in [0.25, 0.3) is 5.91 Å². The van der Waals surface area contributed by atoms with E-state index in [4.69, 9.17) is 0 Å². The maximum atomic E-state index is 12.2. The summed E-state index contributed by atoms with van der Waals surface area (Å²) in [5, 5.41) is 2.72. The van der Waals surface area contributed by atoms with Gasteiger partial charge in [-0.1, -0.05) is 18.2 Å².